The van der Waals surface area contributed by atoms with E-state index in [1.54, 1.807) is 19.1 Å². The molecule has 5 heteroatoms. The summed E-state index contributed by atoms with van der Waals surface area (Å²) in [6.45, 7) is 1.22. The molecule has 0 aromatic carbocycles. The summed E-state index contributed by atoms with van der Waals surface area (Å²) in [4.78, 5) is 9.61. The Kier molecular flexibility index (Phi) is 4.55. The molecule has 1 heterocycles. The Labute approximate surface area is 93.2 Å². The van der Waals surface area contributed by atoms with Gasteiger partial charge < -0.3 is 9.52 Å². The monoisotopic (exact) mass is 223 g/mol. The van der Waals surface area contributed by atoms with Crippen molar-refractivity contribution in [2.75, 3.05) is 6.54 Å². The molecule has 0 saturated heterocycles. The van der Waals surface area contributed by atoms with Crippen LogP contribution < -0.4 is 0 Å². The van der Waals surface area contributed by atoms with Crippen LogP contribution in [0.4, 0.5) is 0 Å². The van der Waals surface area contributed by atoms with E-state index < -0.39 is 17.6 Å². The Morgan fingerprint density at radius 3 is 3.00 bits per heavy atom. The highest BCUT2D eigenvalue weighted by molar-refractivity contribution is 5.11. The second-order valence-corrected chi connectivity index (χ2v) is 3.26. The molecule has 1 rings (SSSR count). The molecular formula is C11H13NO4. The molecule has 1 aromatic heterocycles. The standard InChI is InChI=1S/C11H13NO4/c1-2-3-4-5-9-6-7-11(16-9)10(13)8-12(14)15/h6-7,10,13H,4-5,8H2,1H3/t10-/m0/s1. The molecule has 0 bridgehead atoms. The van der Waals surface area contributed by atoms with Gasteiger partial charge in [0.25, 0.3) is 0 Å². The number of rotatable bonds is 5. The third-order valence-corrected chi connectivity index (χ3v) is 2.01. The number of hydrogen-bond acceptors (Lipinski definition) is 4. The maximum absolute atomic E-state index is 10.2. The minimum atomic E-state index is -1.18. The summed E-state index contributed by atoms with van der Waals surface area (Å²) in [5.74, 6) is 6.56. The smallest absolute Gasteiger partial charge is 0.236 e. The largest absolute Gasteiger partial charge is 0.463 e. The number of aliphatic hydroxyl groups excluding tert-OH is 1. The number of aliphatic hydroxyl groups is 1. The van der Waals surface area contributed by atoms with Crippen LogP contribution >= 0.6 is 0 Å². The van der Waals surface area contributed by atoms with Crippen molar-refractivity contribution < 1.29 is 14.4 Å². The van der Waals surface area contributed by atoms with E-state index in [4.69, 9.17) is 4.42 Å². The molecule has 86 valence electrons. The Bertz CT molecular complexity index is 413. The molecule has 0 spiro atoms. The number of nitrogens with zero attached hydrogens (tertiary/aromatic N) is 1. The summed E-state index contributed by atoms with van der Waals surface area (Å²) in [6, 6.07) is 3.26. The van der Waals surface area contributed by atoms with Crippen LogP contribution in [0.2, 0.25) is 0 Å². The van der Waals surface area contributed by atoms with E-state index in [0.717, 1.165) is 0 Å². The normalized spacial score (nSPS) is 11.6. The van der Waals surface area contributed by atoms with Crippen molar-refractivity contribution in [2.24, 2.45) is 0 Å². The van der Waals surface area contributed by atoms with E-state index in [0.29, 0.717) is 18.6 Å². The second kappa shape index (κ2) is 5.93. The van der Waals surface area contributed by atoms with Gasteiger partial charge in [-0.15, -0.1) is 11.8 Å². The second-order valence-electron chi connectivity index (χ2n) is 3.26. The summed E-state index contributed by atoms with van der Waals surface area (Å²) in [7, 11) is 0. The van der Waals surface area contributed by atoms with E-state index in [1.807, 2.05) is 0 Å². The molecule has 0 aliphatic carbocycles. The van der Waals surface area contributed by atoms with Gasteiger partial charge in [-0.25, -0.2) is 0 Å². The van der Waals surface area contributed by atoms with Crippen LogP contribution in [-0.2, 0) is 6.42 Å². The summed E-state index contributed by atoms with van der Waals surface area (Å²) < 4.78 is 5.27. The van der Waals surface area contributed by atoms with E-state index >= 15 is 0 Å². The predicted molar refractivity (Wildman–Crippen MR) is 57.3 cm³/mol. The maximum atomic E-state index is 10.2. The number of nitro groups is 1. The fraction of sp³-hybridized carbons (Fsp3) is 0.455. The highest BCUT2D eigenvalue weighted by atomic mass is 16.6. The minimum absolute atomic E-state index is 0.233. The zero-order valence-corrected chi connectivity index (χ0v) is 8.97. The van der Waals surface area contributed by atoms with Gasteiger partial charge in [-0.3, -0.25) is 10.1 Å². The van der Waals surface area contributed by atoms with Crippen molar-refractivity contribution in [2.45, 2.75) is 25.9 Å². The zero-order valence-electron chi connectivity index (χ0n) is 8.97. The van der Waals surface area contributed by atoms with E-state index in [1.165, 1.54) is 0 Å². The summed E-state index contributed by atoms with van der Waals surface area (Å²) in [6.07, 6.45) is 0.141. The number of hydrogen-bond donors (Lipinski definition) is 1. The lowest BCUT2D eigenvalue weighted by Crippen LogP contribution is -2.10. The first-order chi connectivity index (χ1) is 7.63. The molecule has 0 unspecified atom stereocenters. The maximum Gasteiger partial charge on any atom is 0.236 e. The van der Waals surface area contributed by atoms with Gasteiger partial charge in [-0.2, -0.15) is 0 Å². The van der Waals surface area contributed by atoms with Crippen LogP contribution in [0.1, 0.15) is 31.0 Å². The predicted octanol–water partition coefficient (Wildman–Crippen LogP) is 1.55. The minimum Gasteiger partial charge on any atom is -0.463 e. The van der Waals surface area contributed by atoms with Gasteiger partial charge in [0.1, 0.15) is 11.5 Å². The molecule has 0 fully saturated rings. The highest BCUT2D eigenvalue weighted by Gasteiger charge is 2.17. The van der Waals surface area contributed by atoms with Gasteiger partial charge in [-0.05, 0) is 19.1 Å². The Morgan fingerprint density at radius 1 is 1.62 bits per heavy atom. The lowest BCUT2D eigenvalue weighted by molar-refractivity contribution is -0.492. The van der Waals surface area contributed by atoms with Crippen LogP contribution in [0.25, 0.3) is 0 Å². The van der Waals surface area contributed by atoms with Crippen LogP contribution in [0.5, 0.6) is 0 Å². The molecule has 1 N–H and O–H groups in total. The molecule has 16 heavy (non-hydrogen) atoms. The third-order valence-electron chi connectivity index (χ3n) is 2.01. The molecule has 1 aromatic rings. The molecular weight excluding hydrogens is 210 g/mol. The molecule has 0 aliphatic heterocycles. The fourth-order valence-electron chi connectivity index (χ4n) is 1.25. The van der Waals surface area contributed by atoms with Gasteiger partial charge in [0.2, 0.25) is 6.54 Å². The third kappa shape index (κ3) is 3.75. The van der Waals surface area contributed by atoms with Gasteiger partial charge >= 0.3 is 0 Å². The summed E-state index contributed by atoms with van der Waals surface area (Å²) in [5.41, 5.74) is 0. The van der Waals surface area contributed by atoms with Crippen molar-refractivity contribution in [3.8, 4) is 11.8 Å². The van der Waals surface area contributed by atoms with E-state index in [2.05, 4.69) is 11.8 Å². The van der Waals surface area contributed by atoms with E-state index in [9.17, 15) is 15.2 Å². The van der Waals surface area contributed by atoms with E-state index in [-0.39, 0.29) is 5.76 Å². The van der Waals surface area contributed by atoms with Gasteiger partial charge in [0, 0.05) is 17.8 Å². The first-order valence-corrected chi connectivity index (χ1v) is 4.91. The topological polar surface area (TPSA) is 76.5 Å². The van der Waals surface area contributed by atoms with Crippen LogP contribution in [-0.4, -0.2) is 16.6 Å². The average molecular weight is 223 g/mol. The van der Waals surface area contributed by atoms with Crippen molar-refractivity contribution in [1.82, 2.24) is 0 Å². The lowest BCUT2D eigenvalue weighted by Gasteiger charge is -2.01. The molecule has 5 nitrogen and oxygen atoms in total. The summed E-state index contributed by atoms with van der Waals surface area (Å²) in [5, 5.41) is 19.6. The molecule has 0 saturated carbocycles. The lowest BCUT2D eigenvalue weighted by atomic mass is 10.2. The fourth-order valence-corrected chi connectivity index (χ4v) is 1.25. The van der Waals surface area contributed by atoms with Crippen LogP contribution in [0, 0.1) is 22.0 Å². The Morgan fingerprint density at radius 2 is 2.38 bits per heavy atom. The Hall–Kier alpha value is -1.80. The summed E-state index contributed by atoms with van der Waals surface area (Å²) >= 11 is 0. The Balaban J connectivity index is 2.55. The average Bonchev–Trinajstić information content (AvgIpc) is 2.66. The highest BCUT2D eigenvalue weighted by Crippen LogP contribution is 2.17. The van der Waals surface area contributed by atoms with Gasteiger partial charge in [-0.1, -0.05) is 0 Å². The van der Waals surface area contributed by atoms with Crippen molar-refractivity contribution in [1.29, 1.82) is 0 Å². The number of aryl methyl sites for hydroxylation is 1. The van der Waals surface area contributed by atoms with Gasteiger partial charge in [0.05, 0.1) is 0 Å². The molecule has 0 aliphatic rings. The van der Waals surface area contributed by atoms with Crippen molar-refractivity contribution in [3.63, 3.8) is 0 Å². The quantitative estimate of drug-likeness (QED) is 0.466. The molecule has 0 radical (unpaired) electrons. The zero-order chi connectivity index (χ0) is 12.0. The van der Waals surface area contributed by atoms with Crippen LogP contribution in [0.15, 0.2) is 16.5 Å². The first kappa shape index (κ1) is 12.3. The number of furan rings is 1. The van der Waals surface area contributed by atoms with Crippen LogP contribution in [0.3, 0.4) is 0 Å². The SMILES string of the molecule is CC#CCCc1ccc([C@@H](O)C[N+](=O)[O-])o1. The van der Waals surface area contributed by atoms with Crippen molar-refractivity contribution in [3.05, 3.63) is 33.8 Å². The molecule has 0 amide bonds. The van der Waals surface area contributed by atoms with Gasteiger partial charge in [0.15, 0.2) is 6.10 Å². The first-order valence-electron chi connectivity index (χ1n) is 4.91. The van der Waals surface area contributed by atoms with Crippen molar-refractivity contribution >= 4 is 0 Å². The molecule has 1 atom stereocenters.